The summed E-state index contributed by atoms with van der Waals surface area (Å²) in [7, 11) is 0. The molecule has 5 heteroatoms. The maximum Gasteiger partial charge on any atom is 0.131 e. The molecule has 2 heterocycles. The van der Waals surface area contributed by atoms with Gasteiger partial charge in [0, 0.05) is 23.9 Å². The second-order valence-corrected chi connectivity index (χ2v) is 7.77. The van der Waals surface area contributed by atoms with Crippen LogP contribution in [-0.2, 0) is 12.8 Å². The van der Waals surface area contributed by atoms with Crippen molar-refractivity contribution in [1.29, 1.82) is 0 Å². The van der Waals surface area contributed by atoms with Gasteiger partial charge in [-0.05, 0) is 30.9 Å². The predicted molar refractivity (Wildman–Crippen MR) is 83.4 cm³/mol. The third kappa shape index (κ3) is 2.75. The van der Waals surface area contributed by atoms with Gasteiger partial charge in [0.25, 0.3) is 0 Å². The van der Waals surface area contributed by atoms with E-state index >= 15 is 0 Å². The summed E-state index contributed by atoms with van der Waals surface area (Å²) in [4.78, 5) is 1.41. The third-order valence-electron chi connectivity index (χ3n) is 3.75. The molecule has 3 nitrogen and oxygen atoms in total. The van der Waals surface area contributed by atoms with E-state index < -0.39 is 0 Å². The van der Waals surface area contributed by atoms with E-state index in [4.69, 9.17) is 0 Å². The third-order valence-corrected chi connectivity index (χ3v) is 6.33. The molecule has 0 saturated heterocycles. The van der Waals surface area contributed by atoms with E-state index in [0.29, 0.717) is 5.25 Å². The molecule has 1 aromatic carbocycles. The molecule has 1 atom stereocenters. The predicted octanol–water partition coefficient (Wildman–Crippen LogP) is 3.22. The lowest BCUT2D eigenvalue weighted by atomic mass is 10.1. The second-order valence-electron chi connectivity index (χ2n) is 5.43. The highest BCUT2D eigenvalue weighted by atomic mass is 32.2. The van der Waals surface area contributed by atoms with Crippen molar-refractivity contribution in [1.82, 2.24) is 15.5 Å². The first-order valence-electron chi connectivity index (χ1n) is 7.19. The fourth-order valence-corrected chi connectivity index (χ4v) is 4.78. The monoisotopic (exact) mass is 303 g/mol. The van der Waals surface area contributed by atoms with Crippen molar-refractivity contribution in [2.75, 3.05) is 6.54 Å². The number of hydrogen-bond donors (Lipinski definition) is 1. The van der Waals surface area contributed by atoms with Crippen LogP contribution < -0.4 is 5.32 Å². The Bertz CT molecular complexity index is 582. The number of benzene rings is 1. The van der Waals surface area contributed by atoms with Crippen LogP contribution in [0.25, 0.3) is 0 Å². The molecule has 0 amide bonds. The molecule has 1 aliphatic carbocycles. The largest absolute Gasteiger partial charge is 0.314 e. The zero-order valence-corrected chi connectivity index (χ0v) is 12.8. The van der Waals surface area contributed by atoms with E-state index in [9.17, 15) is 0 Å². The standard InChI is InChI=1S/C15H17N3S2/c1-2-4-12-10(3-1)9-13(19-12)15-18-17-14(20-15)7-8-16-11-5-6-11/h1-4,11,13,16H,5-9H2. The van der Waals surface area contributed by atoms with Gasteiger partial charge in [0.1, 0.15) is 10.0 Å². The van der Waals surface area contributed by atoms with E-state index in [0.717, 1.165) is 25.4 Å². The number of fused-ring (bicyclic) bond motifs is 1. The summed E-state index contributed by atoms with van der Waals surface area (Å²) in [6.07, 6.45) is 4.80. The topological polar surface area (TPSA) is 37.8 Å². The van der Waals surface area contributed by atoms with Gasteiger partial charge in [-0.2, -0.15) is 0 Å². The van der Waals surface area contributed by atoms with Crippen molar-refractivity contribution in [2.45, 2.75) is 41.9 Å². The molecular weight excluding hydrogens is 286 g/mol. The van der Waals surface area contributed by atoms with Crippen molar-refractivity contribution in [2.24, 2.45) is 0 Å². The van der Waals surface area contributed by atoms with Crippen LogP contribution in [0.2, 0.25) is 0 Å². The summed E-state index contributed by atoms with van der Waals surface area (Å²) >= 11 is 3.72. The van der Waals surface area contributed by atoms with Crippen LogP contribution in [-0.4, -0.2) is 22.8 Å². The average Bonchev–Trinajstić information content (AvgIpc) is 3.01. The number of thioether (sulfide) groups is 1. The normalized spacial score (nSPS) is 21.1. The van der Waals surface area contributed by atoms with Gasteiger partial charge in [0.15, 0.2) is 0 Å². The van der Waals surface area contributed by atoms with Crippen LogP contribution >= 0.6 is 23.1 Å². The molecule has 1 aliphatic heterocycles. The Balaban J connectivity index is 1.38. The molecule has 1 fully saturated rings. The molecule has 2 aliphatic rings. The number of aromatic nitrogens is 2. The van der Waals surface area contributed by atoms with Crippen LogP contribution in [0.1, 0.15) is 33.7 Å². The van der Waals surface area contributed by atoms with Crippen molar-refractivity contribution < 1.29 is 0 Å². The zero-order valence-electron chi connectivity index (χ0n) is 11.2. The van der Waals surface area contributed by atoms with Gasteiger partial charge >= 0.3 is 0 Å². The average molecular weight is 303 g/mol. The Hall–Kier alpha value is -0.910. The van der Waals surface area contributed by atoms with Gasteiger partial charge in [-0.3, -0.25) is 0 Å². The van der Waals surface area contributed by atoms with E-state index in [1.165, 1.54) is 33.3 Å². The lowest BCUT2D eigenvalue weighted by Gasteiger charge is -2.01. The maximum absolute atomic E-state index is 4.41. The molecule has 20 heavy (non-hydrogen) atoms. The highest BCUT2D eigenvalue weighted by Crippen LogP contribution is 2.46. The van der Waals surface area contributed by atoms with Gasteiger partial charge in [0.05, 0.1) is 5.25 Å². The first kappa shape index (κ1) is 12.8. The minimum atomic E-state index is 0.468. The molecular formula is C15H17N3S2. The van der Waals surface area contributed by atoms with E-state index in [1.807, 2.05) is 11.8 Å². The smallest absolute Gasteiger partial charge is 0.131 e. The van der Waals surface area contributed by atoms with Crippen molar-refractivity contribution in [3.05, 3.63) is 39.8 Å². The number of hydrogen-bond acceptors (Lipinski definition) is 5. The molecule has 1 unspecified atom stereocenters. The van der Waals surface area contributed by atoms with Gasteiger partial charge < -0.3 is 5.32 Å². The maximum atomic E-state index is 4.41. The van der Waals surface area contributed by atoms with Crippen LogP contribution in [0.15, 0.2) is 29.2 Å². The van der Waals surface area contributed by atoms with Crippen LogP contribution in [0.3, 0.4) is 0 Å². The summed E-state index contributed by atoms with van der Waals surface area (Å²) in [6, 6.07) is 9.45. The minimum Gasteiger partial charge on any atom is -0.314 e. The van der Waals surface area contributed by atoms with Crippen LogP contribution in [0.5, 0.6) is 0 Å². The first-order valence-corrected chi connectivity index (χ1v) is 8.88. The summed E-state index contributed by atoms with van der Waals surface area (Å²) in [5.41, 5.74) is 1.45. The minimum absolute atomic E-state index is 0.468. The molecule has 0 radical (unpaired) electrons. The van der Waals surface area contributed by atoms with Gasteiger partial charge in [-0.1, -0.05) is 18.2 Å². The number of rotatable bonds is 5. The van der Waals surface area contributed by atoms with Gasteiger partial charge in [-0.15, -0.1) is 33.3 Å². The lowest BCUT2D eigenvalue weighted by molar-refractivity contribution is 0.677. The molecule has 1 aromatic heterocycles. The lowest BCUT2D eigenvalue weighted by Crippen LogP contribution is -2.19. The van der Waals surface area contributed by atoms with E-state index in [2.05, 4.69) is 39.8 Å². The summed E-state index contributed by atoms with van der Waals surface area (Å²) in [5, 5.41) is 15.1. The van der Waals surface area contributed by atoms with Gasteiger partial charge in [-0.25, -0.2) is 0 Å². The molecule has 0 spiro atoms. The summed E-state index contributed by atoms with van der Waals surface area (Å²) in [6.45, 7) is 1.04. The summed E-state index contributed by atoms with van der Waals surface area (Å²) in [5.74, 6) is 0. The SMILES string of the molecule is c1ccc2c(c1)CC(c1nnc(CCNC3CC3)s1)S2. The van der Waals surface area contributed by atoms with Crippen molar-refractivity contribution in [3.63, 3.8) is 0 Å². The second kappa shape index (κ2) is 5.47. The Kier molecular flexibility index (Phi) is 3.50. The summed E-state index contributed by atoms with van der Waals surface area (Å²) < 4.78 is 0. The molecule has 1 saturated carbocycles. The first-order chi connectivity index (χ1) is 9.88. The molecule has 4 rings (SSSR count). The van der Waals surface area contributed by atoms with E-state index in [1.54, 1.807) is 11.3 Å². The van der Waals surface area contributed by atoms with E-state index in [-0.39, 0.29) is 0 Å². The van der Waals surface area contributed by atoms with Gasteiger partial charge in [0.2, 0.25) is 0 Å². The highest BCUT2D eigenvalue weighted by molar-refractivity contribution is 8.00. The zero-order chi connectivity index (χ0) is 13.4. The molecule has 0 bridgehead atoms. The van der Waals surface area contributed by atoms with Crippen LogP contribution in [0.4, 0.5) is 0 Å². The number of nitrogens with one attached hydrogen (secondary N) is 1. The fourth-order valence-electron chi connectivity index (χ4n) is 2.49. The quantitative estimate of drug-likeness (QED) is 0.920. The Morgan fingerprint density at radius 1 is 1.20 bits per heavy atom. The van der Waals surface area contributed by atoms with Crippen molar-refractivity contribution >= 4 is 23.1 Å². The molecule has 1 N–H and O–H groups in total. The Labute approximate surface area is 127 Å². The van der Waals surface area contributed by atoms with Crippen LogP contribution in [0, 0.1) is 0 Å². The number of nitrogens with zero attached hydrogens (tertiary/aromatic N) is 2. The van der Waals surface area contributed by atoms with Crippen molar-refractivity contribution in [3.8, 4) is 0 Å². The molecule has 2 aromatic rings. The Morgan fingerprint density at radius 3 is 2.95 bits per heavy atom. The molecule has 104 valence electrons. The fraction of sp³-hybridized carbons (Fsp3) is 0.467. The highest BCUT2D eigenvalue weighted by Gasteiger charge is 2.26. The Morgan fingerprint density at radius 2 is 2.10 bits per heavy atom.